The molecular weight excluding hydrogens is 537 g/mol. The number of aliphatic imine (C=N–C) groups is 1. The molecule has 0 unspecified atom stereocenters. The molecule has 4 rings (SSSR count). The first kappa shape index (κ1) is 28.4. The molecular formula is C30H31Cl2N3O2S. The number of aliphatic hydroxyl groups is 1. The van der Waals surface area contributed by atoms with E-state index in [4.69, 9.17) is 23.2 Å². The van der Waals surface area contributed by atoms with Crippen molar-refractivity contribution in [3.8, 4) is 0 Å². The van der Waals surface area contributed by atoms with Crippen LogP contribution in [0.25, 0.3) is 0 Å². The number of piperidine rings is 1. The molecule has 8 heteroatoms. The average Bonchev–Trinajstić information content (AvgIpc) is 2.94. The Bertz CT molecular complexity index is 1290. The third-order valence-electron chi connectivity index (χ3n) is 7.33. The second-order valence-corrected chi connectivity index (χ2v) is 10.8. The number of isothiocyanates is 1. The molecule has 5 nitrogen and oxygen atoms in total. The molecule has 0 aromatic heterocycles. The van der Waals surface area contributed by atoms with Crippen molar-refractivity contribution >= 4 is 52.2 Å². The molecule has 1 fully saturated rings. The maximum atomic E-state index is 13.2. The van der Waals surface area contributed by atoms with Gasteiger partial charge in [-0.1, -0.05) is 59.6 Å². The molecule has 0 aliphatic carbocycles. The summed E-state index contributed by atoms with van der Waals surface area (Å²) in [6.45, 7) is 3.00. The average molecular weight is 569 g/mol. The van der Waals surface area contributed by atoms with Gasteiger partial charge in [0.05, 0.1) is 26.5 Å². The molecule has 1 aliphatic rings. The number of likely N-dealkylation sites (tertiary alicyclic amines) is 1. The molecule has 0 radical (unpaired) electrons. The normalized spacial score (nSPS) is 15.9. The number of carbonyl (C=O) groups excluding carboxylic acids is 1. The summed E-state index contributed by atoms with van der Waals surface area (Å²) >= 11 is 17.2. The molecule has 0 spiro atoms. The summed E-state index contributed by atoms with van der Waals surface area (Å²) < 4.78 is 0. The van der Waals surface area contributed by atoms with Gasteiger partial charge in [-0.15, -0.1) is 0 Å². The fourth-order valence-corrected chi connectivity index (χ4v) is 5.43. The fraction of sp³-hybridized carbons (Fsp3) is 0.333. The van der Waals surface area contributed by atoms with Crippen LogP contribution < -0.4 is 0 Å². The predicted molar refractivity (Wildman–Crippen MR) is 158 cm³/mol. The Balaban J connectivity index is 1.43. The monoisotopic (exact) mass is 567 g/mol. The zero-order valence-electron chi connectivity index (χ0n) is 21.3. The van der Waals surface area contributed by atoms with Crippen molar-refractivity contribution in [1.29, 1.82) is 0 Å². The van der Waals surface area contributed by atoms with Gasteiger partial charge in [0.2, 0.25) is 0 Å². The summed E-state index contributed by atoms with van der Waals surface area (Å²) in [5, 5.41) is 14.5. The van der Waals surface area contributed by atoms with E-state index in [1.807, 2.05) is 55.6 Å². The van der Waals surface area contributed by atoms with Gasteiger partial charge in [-0.05, 0) is 85.6 Å². The Morgan fingerprint density at radius 3 is 2.39 bits per heavy atom. The van der Waals surface area contributed by atoms with Gasteiger partial charge in [-0.3, -0.25) is 4.79 Å². The number of halogens is 2. The molecule has 0 bridgehead atoms. The van der Waals surface area contributed by atoms with Crippen LogP contribution in [-0.2, 0) is 5.60 Å². The number of carbonyl (C=O) groups is 1. The van der Waals surface area contributed by atoms with Crippen LogP contribution in [0.4, 0.5) is 5.69 Å². The van der Waals surface area contributed by atoms with Crippen LogP contribution in [-0.4, -0.2) is 59.2 Å². The largest absolute Gasteiger partial charge is 0.385 e. The summed E-state index contributed by atoms with van der Waals surface area (Å²) in [4.78, 5) is 21.3. The molecule has 1 atom stereocenters. The number of amides is 1. The standard InChI is InChI=1S/C30H31Cl2N3O2S/c1-34(29(36)22-7-10-26(11-8-22)33-21-38)20-24(23-9-12-27(31)28(32)19-23)13-16-35-17-14-30(37,15-18-35)25-5-3-2-4-6-25/h2-12,19,24,37H,13-18,20H2,1H3/t24-/m0/s1. The molecule has 3 aromatic carbocycles. The first-order chi connectivity index (χ1) is 18.3. The lowest BCUT2D eigenvalue weighted by Gasteiger charge is -2.39. The number of likely N-dealkylation sites (N-methyl/N-ethyl adjacent to an activating group) is 1. The van der Waals surface area contributed by atoms with Gasteiger partial charge in [-0.2, -0.15) is 4.99 Å². The first-order valence-corrected chi connectivity index (χ1v) is 13.8. The molecule has 0 saturated carbocycles. The van der Waals surface area contributed by atoms with E-state index in [0.717, 1.165) is 37.2 Å². The maximum Gasteiger partial charge on any atom is 0.253 e. The third kappa shape index (κ3) is 7.09. The Hall–Kier alpha value is -2.57. The van der Waals surface area contributed by atoms with Crippen LogP contribution in [0, 0.1) is 0 Å². The summed E-state index contributed by atoms with van der Waals surface area (Å²) in [5.74, 6) is -0.00817. The fourth-order valence-electron chi connectivity index (χ4n) is 5.02. The predicted octanol–water partition coefficient (Wildman–Crippen LogP) is 6.96. The number of hydrogen-bond acceptors (Lipinski definition) is 5. The van der Waals surface area contributed by atoms with Gasteiger partial charge in [0.25, 0.3) is 5.91 Å². The number of benzene rings is 3. The summed E-state index contributed by atoms with van der Waals surface area (Å²) in [6, 6.07) is 22.6. The summed E-state index contributed by atoms with van der Waals surface area (Å²) in [6.07, 6.45) is 2.22. The Kier molecular flexibility index (Phi) is 9.72. The van der Waals surface area contributed by atoms with Crippen molar-refractivity contribution in [3.05, 3.63) is 99.5 Å². The highest BCUT2D eigenvalue weighted by molar-refractivity contribution is 7.78. The quantitative estimate of drug-likeness (QED) is 0.224. The van der Waals surface area contributed by atoms with E-state index in [1.54, 1.807) is 29.2 Å². The van der Waals surface area contributed by atoms with Crippen LogP contribution in [0.5, 0.6) is 0 Å². The van der Waals surface area contributed by atoms with Crippen molar-refractivity contribution in [2.45, 2.75) is 30.8 Å². The number of thiocarbonyl (C=S) groups is 1. The van der Waals surface area contributed by atoms with Gasteiger partial charge < -0.3 is 14.9 Å². The van der Waals surface area contributed by atoms with E-state index in [1.165, 1.54) is 0 Å². The Labute approximate surface area is 239 Å². The van der Waals surface area contributed by atoms with Crippen molar-refractivity contribution in [2.75, 3.05) is 33.2 Å². The van der Waals surface area contributed by atoms with Gasteiger partial charge in [0.15, 0.2) is 0 Å². The molecule has 38 heavy (non-hydrogen) atoms. The first-order valence-electron chi connectivity index (χ1n) is 12.7. The molecule has 1 heterocycles. The highest BCUT2D eigenvalue weighted by Crippen LogP contribution is 2.34. The second-order valence-electron chi connectivity index (χ2n) is 9.83. The zero-order valence-corrected chi connectivity index (χ0v) is 23.6. The number of rotatable bonds is 9. The molecule has 1 N–H and O–H groups in total. The summed E-state index contributed by atoms with van der Waals surface area (Å²) in [5.41, 5.74) is 2.49. The lowest BCUT2D eigenvalue weighted by atomic mass is 9.84. The van der Waals surface area contributed by atoms with E-state index < -0.39 is 5.60 Å². The maximum absolute atomic E-state index is 13.2. The van der Waals surface area contributed by atoms with Crippen LogP contribution in [0.3, 0.4) is 0 Å². The highest BCUT2D eigenvalue weighted by Gasteiger charge is 2.34. The van der Waals surface area contributed by atoms with Gasteiger partial charge in [0, 0.05) is 38.2 Å². The second kappa shape index (κ2) is 13.0. The van der Waals surface area contributed by atoms with Crippen LogP contribution >= 0.6 is 35.4 Å². The van der Waals surface area contributed by atoms with Gasteiger partial charge in [-0.25, -0.2) is 0 Å². The van der Waals surface area contributed by atoms with E-state index in [0.29, 0.717) is 40.7 Å². The molecule has 1 aliphatic heterocycles. The van der Waals surface area contributed by atoms with Gasteiger partial charge >= 0.3 is 0 Å². The topological polar surface area (TPSA) is 56.1 Å². The van der Waals surface area contributed by atoms with Crippen molar-refractivity contribution in [2.24, 2.45) is 4.99 Å². The smallest absolute Gasteiger partial charge is 0.253 e. The molecule has 1 amide bonds. The minimum absolute atomic E-state index is 0.0624. The Morgan fingerprint density at radius 1 is 1.08 bits per heavy atom. The van der Waals surface area contributed by atoms with Gasteiger partial charge in [0.1, 0.15) is 0 Å². The summed E-state index contributed by atoms with van der Waals surface area (Å²) in [7, 11) is 1.82. The highest BCUT2D eigenvalue weighted by atomic mass is 35.5. The molecule has 198 valence electrons. The van der Waals surface area contributed by atoms with E-state index >= 15 is 0 Å². The Morgan fingerprint density at radius 2 is 1.76 bits per heavy atom. The minimum atomic E-state index is -0.780. The SMILES string of the molecule is CN(C[C@H](CCN1CCC(O)(c2ccccc2)CC1)c1ccc(Cl)c(Cl)c1)C(=O)c1ccc(N=C=S)cc1. The van der Waals surface area contributed by atoms with E-state index in [9.17, 15) is 9.90 Å². The number of hydrogen-bond donors (Lipinski definition) is 1. The minimum Gasteiger partial charge on any atom is -0.385 e. The van der Waals surface area contributed by atoms with Crippen molar-refractivity contribution in [3.63, 3.8) is 0 Å². The van der Waals surface area contributed by atoms with Crippen molar-refractivity contribution in [1.82, 2.24) is 9.80 Å². The van der Waals surface area contributed by atoms with E-state index in [2.05, 4.69) is 27.3 Å². The van der Waals surface area contributed by atoms with Crippen molar-refractivity contribution < 1.29 is 9.90 Å². The lowest BCUT2D eigenvalue weighted by molar-refractivity contribution is -0.0264. The molecule has 1 saturated heterocycles. The van der Waals surface area contributed by atoms with Crippen LogP contribution in [0.1, 0.15) is 46.7 Å². The zero-order chi connectivity index (χ0) is 27.1. The third-order valence-corrected chi connectivity index (χ3v) is 8.16. The molecule has 3 aromatic rings. The van der Waals surface area contributed by atoms with Crippen LogP contribution in [0.15, 0.2) is 77.8 Å². The lowest BCUT2D eigenvalue weighted by Crippen LogP contribution is -2.43. The van der Waals surface area contributed by atoms with Crippen LogP contribution in [0.2, 0.25) is 10.0 Å². The number of nitrogens with zero attached hydrogens (tertiary/aromatic N) is 3. The van der Waals surface area contributed by atoms with E-state index in [-0.39, 0.29) is 11.8 Å².